The number of piperazine rings is 1. The highest BCUT2D eigenvalue weighted by Crippen LogP contribution is 2.12. The molecule has 0 bridgehead atoms. The number of halogens is 2. The summed E-state index contributed by atoms with van der Waals surface area (Å²) in [6, 6.07) is 7.88. The predicted molar refractivity (Wildman–Crippen MR) is 76.4 cm³/mol. The third-order valence-electron chi connectivity index (χ3n) is 2.97. The van der Waals surface area contributed by atoms with Gasteiger partial charge in [0.05, 0.1) is 6.42 Å². The van der Waals surface area contributed by atoms with Crippen LogP contribution >= 0.6 is 24.0 Å². The van der Waals surface area contributed by atoms with Crippen LogP contribution in [0.5, 0.6) is 0 Å². The topological polar surface area (TPSA) is 32.3 Å². The van der Waals surface area contributed by atoms with Crippen molar-refractivity contribution in [2.45, 2.75) is 19.4 Å². The zero-order valence-corrected chi connectivity index (χ0v) is 11.9. The fourth-order valence-electron chi connectivity index (χ4n) is 2.09. The second kappa shape index (κ2) is 6.98. The maximum atomic E-state index is 12.1. The quantitative estimate of drug-likeness (QED) is 0.904. The van der Waals surface area contributed by atoms with Gasteiger partial charge in [-0.2, -0.15) is 0 Å². The molecule has 0 saturated carbocycles. The molecule has 0 aliphatic carbocycles. The molecule has 0 unspecified atom stereocenters. The molecule has 1 aliphatic rings. The average Bonchev–Trinajstić information content (AvgIpc) is 2.29. The molecule has 0 aromatic heterocycles. The van der Waals surface area contributed by atoms with Gasteiger partial charge in [0.15, 0.2) is 0 Å². The molecule has 1 aliphatic heterocycles. The van der Waals surface area contributed by atoms with Gasteiger partial charge in [0.25, 0.3) is 0 Å². The highest BCUT2D eigenvalue weighted by atomic mass is 35.5. The number of benzene rings is 1. The van der Waals surface area contributed by atoms with Gasteiger partial charge in [0.1, 0.15) is 0 Å². The number of rotatable bonds is 2. The molecule has 18 heavy (non-hydrogen) atoms. The van der Waals surface area contributed by atoms with Gasteiger partial charge in [-0.15, -0.1) is 12.4 Å². The Hall–Kier alpha value is -0.770. The van der Waals surface area contributed by atoms with Crippen LogP contribution in [0.4, 0.5) is 0 Å². The van der Waals surface area contributed by atoms with Crippen LogP contribution < -0.4 is 5.32 Å². The van der Waals surface area contributed by atoms with Gasteiger partial charge in [-0.25, -0.2) is 0 Å². The van der Waals surface area contributed by atoms with Gasteiger partial charge in [-0.1, -0.05) is 23.7 Å². The van der Waals surface area contributed by atoms with Crippen molar-refractivity contribution >= 4 is 29.9 Å². The maximum Gasteiger partial charge on any atom is 0.227 e. The number of hydrogen-bond acceptors (Lipinski definition) is 2. The van der Waals surface area contributed by atoms with E-state index in [4.69, 9.17) is 11.6 Å². The van der Waals surface area contributed by atoms with Crippen molar-refractivity contribution in [3.05, 3.63) is 34.9 Å². The highest BCUT2D eigenvalue weighted by Gasteiger charge is 2.20. The molecule has 100 valence electrons. The van der Waals surface area contributed by atoms with Crippen LogP contribution in [0.15, 0.2) is 24.3 Å². The van der Waals surface area contributed by atoms with E-state index in [1.54, 1.807) is 0 Å². The summed E-state index contributed by atoms with van der Waals surface area (Å²) < 4.78 is 0. The van der Waals surface area contributed by atoms with Crippen LogP contribution in [0.1, 0.15) is 12.5 Å². The Morgan fingerprint density at radius 3 is 3.00 bits per heavy atom. The van der Waals surface area contributed by atoms with Crippen molar-refractivity contribution in [3.63, 3.8) is 0 Å². The van der Waals surface area contributed by atoms with Crippen LogP contribution in [0, 0.1) is 0 Å². The first-order valence-corrected chi connectivity index (χ1v) is 6.28. The van der Waals surface area contributed by atoms with Crippen molar-refractivity contribution in [2.75, 3.05) is 19.6 Å². The van der Waals surface area contributed by atoms with Gasteiger partial charge in [-0.05, 0) is 24.6 Å². The van der Waals surface area contributed by atoms with E-state index in [-0.39, 0.29) is 18.3 Å². The number of hydrogen-bond donors (Lipinski definition) is 1. The lowest BCUT2D eigenvalue weighted by atomic mass is 10.1. The first kappa shape index (κ1) is 15.3. The van der Waals surface area contributed by atoms with Crippen molar-refractivity contribution in [2.24, 2.45) is 0 Å². The minimum atomic E-state index is 0. The van der Waals surface area contributed by atoms with E-state index in [1.807, 2.05) is 29.2 Å². The molecule has 1 heterocycles. The fourth-order valence-corrected chi connectivity index (χ4v) is 2.31. The molecule has 1 N–H and O–H groups in total. The summed E-state index contributed by atoms with van der Waals surface area (Å²) in [7, 11) is 0. The minimum Gasteiger partial charge on any atom is -0.340 e. The smallest absolute Gasteiger partial charge is 0.227 e. The van der Waals surface area contributed by atoms with E-state index in [0.717, 1.165) is 25.2 Å². The monoisotopic (exact) mass is 288 g/mol. The second-order valence-electron chi connectivity index (χ2n) is 4.50. The first-order valence-electron chi connectivity index (χ1n) is 5.91. The zero-order valence-electron chi connectivity index (χ0n) is 10.4. The molecule has 1 amide bonds. The summed E-state index contributed by atoms with van der Waals surface area (Å²) in [6.45, 7) is 4.56. The van der Waals surface area contributed by atoms with Crippen molar-refractivity contribution in [1.29, 1.82) is 0 Å². The predicted octanol–water partition coefficient (Wildman–Crippen LogP) is 2.12. The van der Waals surface area contributed by atoms with E-state index < -0.39 is 0 Å². The van der Waals surface area contributed by atoms with Crippen LogP contribution in [0.3, 0.4) is 0 Å². The maximum absolute atomic E-state index is 12.1. The molecule has 1 aromatic carbocycles. The number of carbonyl (C=O) groups excluding carboxylic acids is 1. The molecular weight excluding hydrogens is 271 g/mol. The van der Waals surface area contributed by atoms with Crippen LogP contribution in [0.2, 0.25) is 5.02 Å². The molecule has 5 heteroatoms. The zero-order chi connectivity index (χ0) is 12.3. The second-order valence-corrected chi connectivity index (χ2v) is 4.94. The van der Waals surface area contributed by atoms with Crippen molar-refractivity contribution < 1.29 is 4.79 Å². The standard InChI is InChI=1S/C13H17ClN2O.ClH/c1-10-9-16(6-5-15-10)13(17)8-11-3-2-4-12(14)7-11;/h2-4,7,10,15H,5-6,8-9H2,1H3;1H/t10-;/m0./s1. The minimum absolute atomic E-state index is 0. The van der Waals surface area contributed by atoms with E-state index >= 15 is 0 Å². The van der Waals surface area contributed by atoms with Crippen LogP contribution in [0.25, 0.3) is 0 Å². The number of carbonyl (C=O) groups is 1. The Morgan fingerprint density at radius 1 is 1.56 bits per heavy atom. The molecule has 3 nitrogen and oxygen atoms in total. The Morgan fingerprint density at radius 2 is 2.33 bits per heavy atom. The third kappa shape index (κ3) is 4.16. The molecular formula is C13H18Cl2N2O. The molecule has 2 rings (SSSR count). The summed E-state index contributed by atoms with van der Waals surface area (Å²) in [5, 5.41) is 4.01. The third-order valence-corrected chi connectivity index (χ3v) is 3.20. The Kier molecular flexibility index (Phi) is 5.93. The van der Waals surface area contributed by atoms with E-state index in [0.29, 0.717) is 17.5 Å². The lowest BCUT2D eigenvalue weighted by Crippen LogP contribution is -2.51. The van der Waals surface area contributed by atoms with E-state index in [1.165, 1.54) is 0 Å². The number of nitrogens with zero attached hydrogens (tertiary/aromatic N) is 1. The molecule has 1 aromatic rings. The van der Waals surface area contributed by atoms with Gasteiger partial charge in [0.2, 0.25) is 5.91 Å². The van der Waals surface area contributed by atoms with E-state index in [2.05, 4.69) is 12.2 Å². The lowest BCUT2D eigenvalue weighted by Gasteiger charge is -2.32. The summed E-state index contributed by atoms with van der Waals surface area (Å²) in [5.41, 5.74) is 0.980. The summed E-state index contributed by atoms with van der Waals surface area (Å²) in [6.07, 6.45) is 0.438. The van der Waals surface area contributed by atoms with Gasteiger partial charge >= 0.3 is 0 Å². The van der Waals surface area contributed by atoms with Gasteiger partial charge < -0.3 is 10.2 Å². The number of nitrogens with one attached hydrogen (secondary N) is 1. The molecule has 1 atom stereocenters. The lowest BCUT2D eigenvalue weighted by molar-refractivity contribution is -0.131. The van der Waals surface area contributed by atoms with E-state index in [9.17, 15) is 4.79 Å². The van der Waals surface area contributed by atoms with Crippen molar-refractivity contribution in [3.8, 4) is 0 Å². The van der Waals surface area contributed by atoms with Crippen LogP contribution in [-0.2, 0) is 11.2 Å². The van der Waals surface area contributed by atoms with Gasteiger partial charge in [-0.3, -0.25) is 4.79 Å². The molecule has 0 radical (unpaired) electrons. The van der Waals surface area contributed by atoms with Gasteiger partial charge in [0, 0.05) is 30.7 Å². The normalized spacial score (nSPS) is 19.2. The molecule has 1 saturated heterocycles. The van der Waals surface area contributed by atoms with Crippen molar-refractivity contribution in [1.82, 2.24) is 10.2 Å². The molecule has 0 spiro atoms. The Balaban J connectivity index is 0.00000162. The molecule has 1 fully saturated rings. The summed E-state index contributed by atoms with van der Waals surface area (Å²) in [4.78, 5) is 14.0. The summed E-state index contributed by atoms with van der Waals surface area (Å²) in [5.74, 6) is 0.181. The van der Waals surface area contributed by atoms with Crippen LogP contribution in [-0.4, -0.2) is 36.5 Å². The Bertz CT molecular complexity index is 412. The largest absolute Gasteiger partial charge is 0.340 e. The average molecular weight is 289 g/mol. The summed E-state index contributed by atoms with van der Waals surface area (Å²) >= 11 is 5.90. The first-order chi connectivity index (χ1) is 8.15. The number of amides is 1. The fraction of sp³-hybridized carbons (Fsp3) is 0.462. The Labute approximate surface area is 119 Å². The SMILES string of the molecule is C[C@H]1CN(C(=O)Cc2cccc(Cl)c2)CCN1.Cl. The highest BCUT2D eigenvalue weighted by molar-refractivity contribution is 6.30.